The van der Waals surface area contributed by atoms with Crippen molar-refractivity contribution >= 4 is 11.7 Å². The van der Waals surface area contributed by atoms with Crippen molar-refractivity contribution in [3.8, 4) is 0 Å². The van der Waals surface area contributed by atoms with E-state index in [-0.39, 0.29) is 11.3 Å². The minimum atomic E-state index is 0.00659. The van der Waals surface area contributed by atoms with Crippen molar-refractivity contribution in [1.82, 2.24) is 10.2 Å². The number of carbonyl (C=O) groups excluding carboxylic acids is 1. The van der Waals surface area contributed by atoms with Crippen LogP contribution in [0, 0.1) is 5.41 Å². The number of amides is 1. The van der Waals surface area contributed by atoms with Crippen LogP contribution in [0.3, 0.4) is 0 Å². The van der Waals surface area contributed by atoms with Gasteiger partial charge in [-0.15, -0.1) is 0 Å². The highest BCUT2D eigenvalue weighted by molar-refractivity contribution is 5.90. The Morgan fingerprint density at radius 3 is 2.75 bits per heavy atom. The van der Waals surface area contributed by atoms with E-state index < -0.39 is 0 Å². The van der Waals surface area contributed by atoms with Crippen LogP contribution in [0.15, 0.2) is 6.07 Å². The fourth-order valence-electron chi connectivity index (χ4n) is 1.49. The number of nitrogens with zero attached hydrogens (tertiary/aromatic N) is 1. The molecule has 0 spiro atoms. The number of rotatable bonds is 4. The van der Waals surface area contributed by atoms with Gasteiger partial charge in [0.15, 0.2) is 5.82 Å². The maximum atomic E-state index is 11.6. The minimum Gasteiger partial charge on any atom is -0.309 e. The van der Waals surface area contributed by atoms with Gasteiger partial charge in [-0.25, -0.2) is 0 Å². The zero-order valence-electron chi connectivity index (χ0n) is 10.6. The molecular weight excluding hydrogens is 202 g/mol. The summed E-state index contributed by atoms with van der Waals surface area (Å²) in [7, 11) is 0. The molecule has 0 aromatic carbocycles. The molecule has 90 valence electrons. The number of aromatic nitrogens is 2. The van der Waals surface area contributed by atoms with Crippen molar-refractivity contribution in [3.05, 3.63) is 11.8 Å². The number of hydrogen-bond acceptors (Lipinski definition) is 2. The van der Waals surface area contributed by atoms with E-state index in [1.165, 1.54) is 0 Å². The summed E-state index contributed by atoms with van der Waals surface area (Å²) < 4.78 is 0. The molecule has 1 aromatic rings. The highest BCUT2D eigenvalue weighted by Gasteiger charge is 2.16. The van der Waals surface area contributed by atoms with E-state index in [9.17, 15) is 4.79 Å². The summed E-state index contributed by atoms with van der Waals surface area (Å²) in [6, 6.07) is 1.89. The number of nitrogens with one attached hydrogen (secondary N) is 2. The lowest BCUT2D eigenvalue weighted by Crippen LogP contribution is -2.19. The number of H-pyrrole nitrogens is 1. The van der Waals surface area contributed by atoms with Crippen molar-refractivity contribution in [2.45, 2.75) is 47.0 Å². The van der Waals surface area contributed by atoms with Gasteiger partial charge >= 0.3 is 0 Å². The molecule has 0 unspecified atom stereocenters. The number of carbonyl (C=O) groups is 1. The second kappa shape index (κ2) is 5.14. The second-order valence-electron chi connectivity index (χ2n) is 5.31. The van der Waals surface area contributed by atoms with Crippen molar-refractivity contribution in [2.75, 3.05) is 5.32 Å². The Morgan fingerprint density at radius 2 is 2.19 bits per heavy atom. The van der Waals surface area contributed by atoms with Crippen LogP contribution < -0.4 is 5.32 Å². The minimum absolute atomic E-state index is 0.00659. The lowest BCUT2D eigenvalue weighted by molar-refractivity contribution is -0.117. The van der Waals surface area contributed by atoms with E-state index in [0.717, 1.165) is 18.5 Å². The predicted molar refractivity (Wildman–Crippen MR) is 65.3 cm³/mol. The monoisotopic (exact) mass is 223 g/mol. The zero-order chi connectivity index (χ0) is 12.2. The van der Waals surface area contributed by atoms with Crippen LogP contribution in [0.1, 0.15) is 46.2 Å². The Kier molecular flexibility index (Phi) is 4.10. The summed E-state index contributed by atoms with van der Waals surface area (Å²) in [5.41, 5.74) is 1.07. The Morgan fingerprint density at radius 1 is 1.50 bits per heavy atom. The summed E-state index contributed by atoms with van der Waals surface area (Å²) in [6.45, 7) is 8.23. The summed E-state index contributed by atoms with van der Waals surface area (Å²) in [5, 5.41) is 9.75. The summed E-state index contributed by atoms with van der Waals surface area (Å²) in [5.74, 6) is 0.639. The SMILES string of the molecule is CCCc1cc(NC(=O)CC(C)(C)C)n[nH]1. The quantitative estimate of drug-likeness (QED) is 0.824. The fraction of sp³-hybridized carbons (Fsp3) is 0.667. The molecule has 0 aliphatic carbocycles. The van der Waals surface area contributed by atoms with Gasteiger partial charge in [-0.2, -0.15) is 5.10 Å². The number of anilines is 1. The molecule has 2 N–H and O–H groups in total. The molecule has 0 radical (unpaired) electrons. The van der Waals surface area contributed by atoms with Gasteiger partial charge in [0, 0.05) is 18.2 Å². The van der Waals surface area contributed by atoms with Gasteiger partial charge < -0.3 is 5.32 Å². The van der Waals surface area contributed by atoms with Crippen LogP contribution in [0.4, 0.5) is 5.82 Å². The van der Waals surface area contributed by atoms with Crippen LogP contribution in [0.5, 0.6) is 0 Å². The van der Waals surface area contributed by atoms with E-state index in [1.807, 2.05) is 26.8 Å². The van der Waals surface area contributed by atoms with E-state index in [2.05, 4.69) is 22.4 Å². The van der Waals surface area contributed by atoms with Gasteiger partial charge in [0.2, 0.25) is 5.91 Å². The number of hydrogen-bond donors (Lipinski definition) is 2. The van der Waals surface area contributed by atoms with Crippen molar-refractivity contribution in [1.29, 1.82) is 0 Å². The first-order valence-electron chi connectivity index (χ1n) is 5.75. The van der Waals surface area contributed by atoms with Crippen molar-refractivity contribution in [3.63, 3.8) is 0 Å². The molecule has 1 aromatic heterocycles. The summed E-state index contributed by atoms with van der Waals surface area (Å²) in [4.78, 5) is 11.6. The average molecular weight is 223 g/mol. The van der Waals surface area contributed by atoms with Gasteiger partial charge in [-0.3, -0.25) is 9.89 Å². The Balaban J connectivity index is 2.50. The Labute approximate surface area is 96.8 Å². The second-order valence-corrected chi connectivity index (χ2v) is 5.31. The molecule has 1 amide bonds. The number of aryl methyl sites for hydroxylation is 1. The third-order valence-corrected chi connectivity index (χ3v) is 2.11. The molecule has 0 aliphatic heterocycles. The van der Waals surface area contributed by atoms with Crippen LogP contribution in [0.2, 0.25) is 0 Å². The molecule has 0 bridgehead atoms. The van der Waals surface area contributed by atoms with Crippen LogP contribution >= 0.6 is 0 Å². The summed E-state index contributed by atoms with van der Waals surface area (Å²) in [6.07, 6.45) is 2.53. The molecule has 0 saturated carbocycles. The third-order valence-electron chi connectivity index (χ3n) is 2.11. The predicted octanol–water partition coefficient (Wildman–Crippen LogP) is 2.74. The van der Waals surface area contributed by atoms with E-state index >= 15 is 0 Å². The molecule has 0 saturated heterocycles. The highest BCUT2D eigenvalue weighted by atomic mass is 16.1. The maximum Gasteiger partial charge on any atom is 0.226 e. The topological polar surface area (TPSA) is 57.8 Å². The van der Waals surface area contributed by atoms with Crippen LogP contribution in [0.25, 0.3) is 0 Å². The van der Waals surface area contributed by atoms with Crippen molar-refractivity contribution < 1.29 is 4.79 Å². The normalized spacial score (nSPS) is 11.5. The van der Waals surface area contributed by atoms with Crippen LogP contribution in [-0.2, 0) is 11.2 Å². The van der Waals surface area contributed by atoms with Gasteiger partial charge in [0.25, 0.3) is 0 Å². The zero-order valence-corrected chi connectivity index (χ0v) is 10.6. The largest absolute Gasteiger partial charge is 0.309 e. The van der Waals surface area contributed by atoms with Crippen LogP contribution in [-0.4, -0.2) is 16.1 Å². The van der Waals surface area contributed by atoms with E-state index in [0.29, 0.717) is 12.2 Å². The molecule has 1 rings (SSSR count). The number of aromatic amines is 1. The van der Waals surface area contributed by atoms with Gasteiger partial charge in [-0.1, -0.05) is 34.1 Å². The first-order chi connectivity index (χ1) is 7.40. The maximum absolute atomic E-state index is 11.6. The molecular formula is C12H21N3O. The standard InChI is InChI=1S/C12H21N3O/c1-5-6-9-7-10(15-14-9)13-11(16)8-12(2,3)4/h7H,5-6,8H2,1-4H3,(H2,13,14,15,16). The fourth-order valence-corrected chi connectivity index (χ4v) is 1.49. The first-order valence-corrected chi connectivity index (χ1v) is 5.75. The first kappa shape index (κ1) is 12.7. The van der Waals surface area contributed by atoms with Gasteiger partial charge in [0.1, 0.15) is 0 Å². The lowest BCUT2D eigenvalue weighted by Gasteiger charge is -2.16. The lowest BCUT2D eigenvalue weighted by atomic mass is 9.92. The summed E-state index contributed by atoms with van der Waals surface area (Å²) >= 11 is 0. The Bertz CT molecular complexity index is 349. The average Bonchev–Trinajstić information content (AvgIpc) is 2.49. The third kappa shape index (κ3) is 4.47. The van der Waals surface area contributed by atoms with Gasteiger partial charge in [-0.05, 0) is 11.8 Å². The molecule has 0 fully saturated rings. The highest BCUT2D eigenvalue weighted by Crippen LogP contribution is 2.19. The van der Waals surface area contributed by atoms with Crippen molar-refractivity contribution in [2.24, 2.45) is 5.41 Å². The molecule has 0 aliphatic rings. The van der Waals surface area contributed by atoms with E-state index in [4.69, 9.17) is 0 Å². The molecule has 0 atom stereocenters. The smallest absolute Gasteiger partial charge is 0.226 e. The van der Waals surface area contributed by atoms with E-state index in [1.54, 1.807) is 0 Å². The Hall–Kier alpha value is -1.32. The molecule has 1 heterocycles. The molecule has 16 heavy (non-hydrogen) atoms. The molecule has 4 nitrogen and oxygen atoms in total. The van der Waals surface area contributed by atoms with Gasteiger partial charge in [0.05, 0.1) is 0 Å². The molecule has 4 heteroatoms.